The zero-order chi connectivity index (χ0) is 7.49. The van der Waals surface area contributed by atoms with Crippen molar-refractivity contribution in [3.05, 3.63) is 0 Å². The van der Waals surface area contributed by atoms with Crippen LogP contribution in [-0.4, -0.2) is 20.0 Å². The summed E-state index contributed by atoms with van der Waals surface area (Å²) in [7, 11) is -6.57. The predicted molar refractivity (Wildman–Crippen MR) is 28.2 cm³/mol. The van der Waals surface area contributed by atoms with Gasteiger partial charge in [0.25, 0.3) is 0 Å². The van der Waals surface area contributed by atoms with Crippen molar-refractivity contribution in [1.82, 2.24) is 0 Å². The summed E-state index contributed by atoms with van der Waals surface area (Å²) in [5.41, 5.74) is 0. The van der Waals surface area contributed by atoms with Crippen LogP contribution in [0.5, 0.6) is 0 Å². The molecule has 0 heterocycles. The summed E-state index contributed by atoms with van der Waals surface area (Å²) in [6.07, 6.45) is 0. The summed E-state index contributed by atoms with van der Waals surface area (Å²) in [5.74, 6) is 0. The summed E-state index contributed by atoms with van der Waals surface area (Å²) in [6.45, 7) is 0.823. The second kappa shape index (κ2) is 3.07. The Balaban J connectivity index is 4.11. The molecule has 0 fully saturated rings. The molecule has 0 aromatic heterocycles. The van der Waals surface area contributed by atoms with Gasteiger partial charge in [-0.25, -0.2) is 0 Å². The molecule has 1 N–H and O–H groups in total. The Labute approximate surface area is 52.7 Å². The van der Waals surface area contributed by atoms with Gasteiger partial charge < -0.3 is 4.89 Å². The van der Waals surface area contributed by atoms with Crippen LogP contribution in [-0.2, 0) is 19.7 Å². The highest BCUT2D eigenvalue weighted by atomic mass is 32.2. The fraction of sp³-hybridized carbons (Fsp3) is 1.00. The smallest absolute Gasteiger partial charge is 0.323 e. The highest BCUT2D eigenvalue weighted by Gasteiger charge is 2.08. The summed E-state index contributed by atoms with van der Waals surface area (Å²) in [6, 6.07) is 0. The monoisotopic (exact) mass is 173 g/mol. The molecule has 0 aliphatic heterocycles. The van der Waals surface area contributed by atoms with Crippen molar-refractivity contribution in [1.29, 1.82) is 0 Å². The zero-order valence-corrected chi connectivity index (χ0v) is 6.09. The maximum atomic E-state index is 10.1. The molecule has 0 aromatic rings. The van der Waals surface area contributed by atoms with E-state index in [0.717, 1.165) is 6.66 Å². The highest BCUT2D eigenvalue weighted by Crippen LogP contribution is 2.36. The minimum Gasteiger partial charge on any atom is -0.323 e. The lowest BCUT2D eigenvalue weighted by Gasteiger charge is -1.93. The van der Waals surface area contributed by atoms with Crippen LogP contribution in [0.15, 0.2) is 4.53 Å². The molecule has 0 radical (unpaired) electrons. The lowest BCUT2D eigenvalue weighted by atomic mass is 12.0. The molecule has 6 nitrogen and oxygen atoms in total. The zero-order valence-electron chi connectivity index (χ0n) is 4.38. The van der Waals surface area contributed by atoms with Crippen LogP contribution in [0.3, 0.4) is 0 Å². The average molecular weight is 173 g/mol. The Morgan fingerprint density at radius 1 is 1.67 bits per heavy atom. The Bertz CT molecular complexity index is 238. The lowest BCUT2D eigenvalue weighted by Crippen LogP contribution is -1.76. The Morgan fingerprint density at radius 2 is 2.11 bits per heavy atom. The molecule has 1 unspecified atom stereocenters. The van der Waals surface area contributed by atoms with E-state index >= 15 is 0 Å². The average Bonchev–Trinajstić information content (AvgIpc) is 1.59. The quantitative estimate of drug-likeness (QED) is 0.460. The van der Waals surface area contributed by atoms with Gasteiger partial charge in [-0.15, -0.1) is 0 Å². The van der Waals surface area contributed by atoms with Crippen LogP contribution in [0.2, 0.25) is 0 Å². The Hall–Kier alpha value is -0.230. The van der Waals surface area contributed by atoms with Crippen LogP contribution in [0, 0.1) is 0 Å². The Morgan fingerprint density at radius 3 is 2.22 bits per heavy atom. The van der Waals surface area contributed by atoms with Gasteiger partial charge in [0.1, 0.15) is 0 Å². The van der Waals surface area contributed by atoms with Crippen molar-refractivity contribution in [3.63, 3.8) is 0 Å². The van der Waals surface area contributed by atoms with Crippen molar-refractivity contribution in [2.24, 2.45) is 4.53 Å². The largest absolute Gasteiger partial charge is 0.349 e. The van der Waals surface area contributed by atoms with E-state index in [2.05, 4.69) is 9.15 Å². The summed E-state index contributed by atoms with van der Waals surface area (Å²) < 4.78 is 35.0. The number of hydrogen-bond donors (Lipinski definition) is 1. The number of nitrogens with zero attached hydrogens (tertiary/aromatic N) is 1. The summed E-state index contributed by atoms with van der Waals surface area (Å²) >= 11 is 0. The fourth-order valence-electron chi connectivity index (χ4n) is 0.0891. The molecule has 8 heteroatoms. The first-order valence-corrected chi connectivity index (χ1v) is 4.77. The second-order valence-electron chi connectivity index (χ2n) is 1.18. The number of rotatable bonds is 2. The van der Waals surface area contributed by atoms with E-state index in [1.807, 2.05) is 0 Å². The van der Waals surface area contributed by atoms with Gasteiger partial charge in [0, 0.05) is 6.66 Å². The molecule has 0 saturated heterocycles. The minimum absolute atomic E-state index is 0.823. The van der Waals surface area contributed by atoms with Gasteiger partial charge in [0.05, 0.1) is 0 Å². The third-order valence-corrected chi connectivity index (χ3v) is 0.937. The van der Waals surface area contributed by atoms with Gasteiger partial charge in [-0.1, -0.05) is 0 Å². The first-order chi connectivity index (χ1) is 3.92. The minimum atomic E-state index is -3.78. The van der Waals surface area contributed by atoms with Crippen LogP contribution in [0.4, 0.5) is 0 Å². The molecule has 0 bridgehead atoms. The predicted octanol–water partition coefficient (Wildman–Crippen LogP) is -0.204. The molecule has 0 aliphatic rings. The van der Waals surface area contributed by atoms with E-state index in [-0.39, 0.29) is 0 Å². The standard InChI is InChI=1S/CH4NO5PS/c1-8(3,4)7-2-9(5)6/h1H3,(H,3,4). The van der Waals surface area contributed by atoms with E-state index < -0.39 is 18.1 Å². The van der Waals surface area contributed by atoms with E-state index in [4.69, 9.17) is 4.89 Å². The lowest BCUT2D eigenvalue weighted by molar-refractivity contribution is 0.282. The van der Waals surface area contributed by atoms with Crippen LogP contribution in [0.1, 0.15) is 0 Å². The summed E-state index contributed by atoms with van der Waals surface area (Å²) in [4.78, 5) is 8.23. The van der Waals surface area contributed by atoms with Crippen LogP contribution >= 0.6 is 7.60 Å². The third-order valence-electron chi connectivity index (χ3n) is 0.246. The molecule has 0 aliphatic carbocycles. The van der Waals surface area contributed by atoms with E-state index in [1.165, 1.54) is 0 Å². The van der Waals surface area contributed by atoms with Crippen LogP contribution in [0.25, 0.3) is 0 Å². The van der Waals surface area contributed by atoms with Gasteiger partial charge in [0.15, 0.2) is 0 Å². The first-order valence-electron chi connectivity index (χ1n) is 1.71. The second-order valence-corrected chi connectivity index (χ2v) is 3.53. The van der Waals surface area contributed by atoms with Gasteiger partial charge in [-0.05, 0) is 4.53 Å². The van der Waals surface area contributed by atoms with E-state index in [9.17, 15) is 13.0 Å². The SMILES string of the molecule is CP(=O)(O)ON=S(=O)=O. The maximum absolute atomic E-state index is 10.1. The highest BCUT2D eigenvalue weighted by molar-refractivity contribution is 7.62. The topological polar surface area (TPSA) is 93.0 Å². The van der Waals surface area contributed by atoms with Gasteiger partial charge in [-0.3, -0.25) is 4.57 Å². The normalized spacial score (nSPS) is 16.2. The van der Waals surface area contributed by atoms with Gasteiger partial charge >= 0.3 is 18.1 Å². The summed E-state index contributed by atoms with van der Waals surface area (Å²) in [5, 5.41) is 0. The van der Waals surface area contributed by atoms with E-state index in [1.54, 1.807) is 0 Å². The molecule has 0 rings (SSSR count). The molecule has 54 valence electrons. The maximum Gasteiger partial charge on any atom is 0.349 e. The molecular weight excluding hydrogens is 169 g/mol. The van der Waals surface area contributed by atoms with Crippen LogP contribution < -0.4 is 0 Å². The fourth-order valence-corrected chi connectivity index (χ4v) is 0.802. The molecule has 0 aromatic carbocycles. The third kappa shape index (κ3) is 7.77. The van der Waals surface area contributed by atoms with Gasteiger partial charge in [0.2, 0.25) is 0 Å². The number of hydrogen-bond acceptors (Lipinski definition) is 5. The van der Waals surface area contributed by atoms with E-state index in [0.29, 0.717) is 0 Å². The van der Waals surface area contributed by atoms with Crippen molar-refractivity contribution in [2.75, 3.05) is 6.66 Å². The van der Waals surface area contributed by atoms with Crippen molar-refractivity contribution in [2.45, 2.75) is 0 Å². The van der Waals surface area contributed by atoms with Crippen molar-refractivity contribution < 1.29 is 22.5 Å². The first kappa shape index (κ1) is 8.77. The molecular formula is CH4NO5PS. The van der Waals surface area contributed by atoms with Crippen molar-refractivity contribution >= 4 is 18.1 Å². The molecule has 0 spiro atoms. The molecule has 1 atom stereocenters. The molecule has 9 heavy (non-hydrogen) atoms. The van der Waals surface area contributed by atoms with Crippen molar-refractivity contribution in [3.8, 4) is 0 Å². The molecule has 0 amide bonds. The Kier molecular flexibility index (Phi) is 2.99. The molecule has 0 saturated carbocycles. The van der Waals surface area contributed by atoms with Gasteiger partial charge in [-0.2, -0.15) is 13.0 Å².